The second kappa shape index (κ2) is 2.42. The van der Waals surface area contributed by atoms with Gasteiger partial charge in [-0.3, -0.25) is 0 Å². The molecular weight excluding hydrogens is 160 g/mol. The molecule has 2 rings (SSSR count). The zero-order valence-electron chi connectivity index (χ0n) is 7.48. The van der Waals surface area contributed by atoms with Gasteiger partial charge in [-0.05, 0) is 20.8 Å². The molecule has 0 radical (unpaired) electrons. The van der Waals surface area contributed by atoms with Crippen LogP contribution in [-0.4, -0.2) is 35.5 Å². The maximum atomic E-state index is 9.37. The highest BCUT2D eigenvalue weighted by molar-refractivity contribution is 4.92. The maximum Gasteiger partial charge on any atom is 0.184 e. The average molecular weight is 174 g/mol. The van der Waals surface area contributed by atoms with Crippen LogP contribution in [0.2, 0.25) is 0 Å². The molecule has 12 heavy (non-hydrogen) atoms. The van der Waals surface area contributed by atoms with Crippen molar-refractivity contribution in [2.45, 2.75) is 51.2 Å². The Morgan fingerprint density at radius 1 is 1.17 bits per heavy atom. The van der Waals surface area contributed by atoms with E-state index in [-0.39, 0.29) is 18.3 Å². The Morgan fingerprint density at radius 2 is 1.75 bits per heavy atom. The summed E-state index contributed by atoms with van der Waals surface area (Å²) < 4.78 is 16.1. The minimum absolute atomic E-state index is 0.0909. The van der Waals surface area contributed by atoms with Gasteiger partial charge in [0.05, 0.1) is 6.10 Å². The Bertz CT molecular complexity index is 173. The van der Waals surface area contributed by atoms with Gasteiger partial charge in [0.1, 0.15) is 12.2 Å². The highest BCUT2D eigenvalue weighted by atomic mass is 16.8. The van der Waals surface area contributed by atoms with E-state index >= 15 is 0 Å². The molecule has 1 N–H and O–H groups in total. The molecule has 0 spiro atoms. The molecule has 2 aliphatic rings. The van der Waals surface area contributed by atoms with Crippen LogP contribution >= 0.6 is 0 Å². The van der Waals surface area contributed by atoms with Crippen molar-refractivity contribution >= 4 is 0 Å². The lowest BCUT2D eigenvalue weighted by Crippen LogP contribution is -2.29. The highest BCUT2D eigenvalue weighted by Gasteiger charge is 2.53. The summed E-state index contributed by atoms with van der Waals surface area (Å²) in [5, 5.41) is 9.37. The molecule has 1 unspecified atom stereocenters. The predicted molar refractivity (Wildman–Crippen MR) is 40.4 cm³/mol. The first-order valence-electron chi connectivity index (χ1n) is 4.19. The summed E-state index contributed by atoms with van der Waals surface area (Å²) >= 11 is 0. The van der Waals surface area contributed by atoms with Crippen molar-refractivity contribution in [1.82, 2.24) is 0 Å². The minimum atomic E-state index is -0.841. The zero-order valence-corrected chi connectivity index (χ0v) is 7.48. The summed E-state index contributed by atoms with van der Waals surface area (Å²) in [5.74, 6) is -0.589. The zero-order chi connectivity index (χ0) is 8.93. The van der Waals surface area contributed by atoms with Crippen LogP contribution in [0, 0.1) is 0 Å². The largest absolute Gasteiger partial charge is 0.366 e. The van der Waals surface area contributed by atoms with Gasteiger partial charge in [-0.1, -0.05) is 0 Å². The van der Waals surface area contributed by atoms with E-state index < -0.39 is 12.1 Å². The van der Waals surface area contributed by atoms with E-state index in [9.17, 15) is 5.11 Å². The first-order valence-corrected chi connectivity index (χ1v) is 4.19. The van der Waals surface area contributed by atoms with Gasteiger partial charge in [-0.25, -0.2) is 0 Å². The summed E-state index contributed by atoms with van der Waals surface area (Å²) in [5.41, 5.74) is 0. The number of aliphatic hydroxyl groups excluding tert-OH is 1. The van der Waals surface area contributed by atoms with Gasteiger partial charge in [0.25, 0.3) is 0 Å². The second-order valence-corrected chi connectivity index (χ2v) is 3.80. The van der Waals surface area contributed by atoms with E-state index in [4.69, 9.17) is 14.2 Å². The molecule has 0 bridgehead atoms. The van der Waals surface area contributed by atoms with Crippen LogP contribution in [0.4, 0.5) is 0 Å². The molecule has 2 heterocycles. The molecule has 0 amide bonds. The molecule has 0 aromatic carbocycles. The Balaban J connectivity index is 2.15. The van der Waals surface area contributed by atoms with Crippen molar-refractivity contribution in [3.63, 3.8) is 0 Å². The molecule has 0 aromatic heterocycles. The van der Waals surface area contributed by atoms with Crippen LogP contribution in [0.5, 0.6) is 0 Å². The molecule has 2 aliphatic heterocycles. The number of ether oxygens (including phenoxy) is 3. The van der Waals surface area contributed by atoms with E-state index in [0.29, 0.717) is 0 Å². The minimum Gasteiger partial charge on any atom is -0.366 e. The van der Waals surface area contributed by atoms with E-state index in [1.807, 2.05) is 20.8 Å². The topological polar surface area (TPSA) is 47.9 Å². The van der Waals surface area contributed by atoms with Crippen LogP contribution in [-0.2, 0) is 14.2 Å². The van der Waals surface area contributed by atoms with Crippen LogP contribution < -0.4 is 0 Å². The van der Waals surface area contributed by atoms with E-state index in [1.165, 1.54) is 0 Å². The second-order valence-electron chi connectivity index (χ2n) is 3.80. The van der Waals surface area contributed by atoms with Crippen molar-refractivity contribution in [3.05, 3.63) is 0 Å². The molecule has 70 valence electrons. The number of rotatable bonds is 0. The van der Waals surface area contributed by atoms with Crippen LogP contribution in [0.15, 0.2) is 0 Å². The Kier molecular flexibility index (Phi) is 1.70. The lowest BCUT2D eigenvalue weighted by molar-refractivity contribution is -0.217. The average Bonchev–Trinajstić information content (AvgIpc) is 2.34. The molecule has 0 aliphatic carbocycles. The Hall–Kier alpha value is -0.160. The third-order valence-corrected chi connectivity index (χ3v) is 2.26. The fourth-order valence-electron chi connectivity index (χ4n) is 1.78. The normalized spacial score (nSPS) is 51.0. The van der Waals surface area contributed by atoms with Gasteiger partial charge < -0.3 is 19.3 Å². The van der Waals surface area contributed by atoms with Crippen molar-refractivity contribution in [2.24, 2.45) is 0 Å². The van der Waals surface area contributed by atoms with Crippen LogP contribution in [0.3, 0.4) is 0 Å². The molecule has 2 saturated heterocycles. The molecular formula is C8H14O4. The van der Waals surface area contributed by atoms with Gasteiger partial charge >= 0.3 is 0 Å². The standard InChI is InChI=1S/C8H14O4/c1-4-5-6(7(9)10-4)12-8(2,3)11-5/h4-7,9H,1-3H3/t4-,5-,6-,7?/m0/s1. The first kappa shape index (κ1) is 8.44. The predicted octanol–water partition coefficient (Wildman–Crippen LogP) is 0.244. The smallest absolute Gasteiger partial charge is 0.184 e. The lowest BCUT2D eigenvalue weighted by atomic mass is 10.2. The molecule has 0 saturated carbocycles. The van der Waals surface area contributed by atoms with Crippen molar-refractivity contribution < 1.29 is 19.3 Å². The van der Waals surface area contributed by atoms with Crippen LogP contribution in [0.25, 0.3) is 0 Å². The third kappa shape index (κ3) is 1.15. The maximum absolute atomic E-state index is 9.37. The first-order chi connectivity index (χ1) is 5.49. The van der Waals surface area contributed by atoms with Gasteiger partial charge in [0.2, 0.25) is 0 Å². The van der Waals surface area contributed by atoms with Gasteiger partial charge in [0, 0.05) is 0 Å². The lowest BCUT2D eigenvalue weighted by Gasteiger charge is -2.20. The highest BCUT2D eigenvalue weighted by Crippen LogP contribution is 2.37. The van der Waals surface area contributed by atoms with Crippen molar-refractivity contribution in [1.29, 1.82) is 0 Å². The fraction of sp³-hybridized carbons (Fsp3) is 1.00. The summed E-state index contributed by atoms with van der Waals surface area (Å²) in [7, 11) is 0. The van der Waals surface area contributed by atoms with Gasteiger partial charge in [-0.2, -0.15) is 0 Å². The Labute approximate surface area is 71.4 Å². The quantitative estimate of drug-likeness (QED) is 0.571. The number of aliphatic hydroxyl groups is 1. The third-order valence-electron chi connectivity index (χ3n) is 2.26. The monoisotopic (exact) mass is 174 g/mol. The summed E-state index contributed by atoms with van der Waals surface area (Å²) in [4.78, 5) is 0. The van der Waals surface area contributed by atoms with E-state index in [2.05, 4.69) is 0 Å². The number of fused-ring (bicyclic) bond motifs is 1. The Morgan fingerprint density at radius 3 is 2.33 bits per heavy atom. The molecule has 4 atom stereocenters. The summed E-state index contributed by atoms with van der Waals surface area (Å²) in [6, 6.07) is 0. The molecule has 4 nitrogen and oxygen atoms in total. The number of hydrogen-bond donors (Lipinski definition) is 1. The van der Waals surface area contributed by atoms with Crippen molar-refractivity contribution in [3.8, 4) is 0 Å². The van der Waals surface area contributed by atoms with E-state index in [0.717, 1.165) is 0 Å². The fourth-order valence-corrected chi connectivity index (χ4v) is 1.78. The van der Waals surface area contributed by atoms with Crippen molar-refractivity contribution in [2.75, 3.05) is 0 Å². The summed E-state index contributed by atoms with van der Waals surface area (Å²) in [6.45, 7) is 5.55. The summed E-state index contributed by atoms with van der Waals surface area (Å²) in [6.07, 6.45) is -1.39. The van der Waals surface area contributed by atoms with Gasteiger partial charge in [0.15, 0.2) is 12.1 Å². The number of hydrogen-bond acceptors (Lipinski definition) is 4. The van der Waals surface area contributed by atoms with Crippen LogP contribution in [0.1, 0.15) is 20.8 Å². The van der Waals surface area contributed by atoms with Gasteiger partial charge in [-0.15, -0.1) is 0 Å². The molecule has 4 heteroatoms. The molecule has 0 aromatic rings. The SMILES string of the molecule is C[C@@H]1OC(O)[C@H]2OC(C)(C)O[C@@H]12. The van der Waals surface area contributed by atoms with E-state index in [1.54, 1.807) is 0 Å². The molecule has 2 fully saturated rings.